The van der Waals surface area contributed by atoms with Crippen LogP contribution in [0.15, 0.2) is 24.3 Å². The van der Waals surface area contributed by atoms with Gasteiger partial charge in [-0.05, 0) is 38.3 Å². The lowest BCUT2D eigenvalue weighted by molar-refractivity contribution is -0.137. The number of carbonyl (C=O) groups is 4. The number of hydrogen-bond acceptors (Lipinski definition) is 6. The zero-order valence-electron chi connectivity index (χ0n) is 25.7. The number of allylic oxidation sites excluding steroid dienone is 1. The normalized spacial score (nSPS) is 10.8. The molecule has 0 aromatic rings. The number of rotatable bonds is 22. The zero-order chi connectivity index (χ0) is 31.0. The Bertz CT molecular complexity index is 667. The molecule has 0 fully saturated rings. The van der Waals surface area contributed by atoms with E-state index >= 15 is 0 Å². The quantitative estimate of drug-likeness (QED) is 0.0825. The summed E-state index contributed by atoms with van der Waals surface area (Å²) in [7, 11) is 0. The number of unbranched alkanes of at least 4 members (excludes halogenated alkanes) is 7. The Morgan fingerprint density at radius 2 is 1.05 bits per heavy atom. The molecule has 7 N–H and O–H groups in total. The highest BCUT2D eigenvalue weighted by atomic mass is 16.4. The van der Waals surface area contributed by atoms with E-state index in [9.17, 15) is 19.2 Å². The molecule has 0 saturated heterocycles. The van der Waals surface area contributed by atoms with Gasteiger partial charge in [0, 0.05) is 25.3 Å². The first-order valence-corrected chi connectivity index (χ1v) is 14.9. The number of carboxylic acid groups (broad SMARTS) is 2. The average molecular weight is 570 g/mol. The third-order valence-electron chi connectivity index (χ3n) is 5.62. The van der Waals surface area contributed by atoms with Gasteiger partial charge in [0.2, 0.25) is 5.91 Å². The molecule has 9 nitrogen and oxygen atoms in total. The van der Waals surface area contributed by atoms with Crippen molar-refractivity contribution in [3.8, 4) is 0 Å². The molecule has 0 aliphatic rings. The summed E-state index contributed by atoms with van der Waals surface area (Å²) in [4.78, 5) is 42.7. The van der Waals surface area contributed by atoms with E-state index < -0.39 is 11.9 Å². The summed E-state index contributed by atoms with van der Waals surface area (Å²) in [5.74, 6) is -0.771. The maximum absolute atomic E-state index is 11.6. The Labute approximate surface area is 243 Å². The summed E-state index contributed by atoms with van der Waals surface area (Å²) in [5, 5.41) is 19.1. The molecule has 0 heterocycles. The van der Waals surface area contributed by atoms with Crippen LogP contribution in [0.1, 0.15) is 118 Å². The summed E-state index contributed by atoms with van der Waals surface area (Å²) in [6.07, 6.45) is 19.1. The third-order valence-corrected chi connectivity index (χ3v) is 5.62. The number of carbonyl (C=O) groups excluding carboxylic acids is 2. The molecule has 0 saturated carbocycles. The number of amides is 1. The van der Waals surface area contributed by atoms with Crippen molar-refractivity contribution < 1.29 is 29.4 Å². The van der Waals surface area contributed by atoms with Crippen LogP contribution in [0.25, 0.3) is 0 Å². The van der Waals surface area contributed by atoms with Crippen LogP contribution in [0.4, 0.5) is 0 Å². The van der Waals surface area contributed by atoms with Gasteiger partial charge in [-0.1, -0.05) is 96.9 Å². The van der Waals surface area contributed by atoms with E-state index in [4.69, 9.17) is 21.7 Å². The Balaban J connectivity index is -0.000000624. The minimum absolute atomic E-state index is 0.0491. The second-order valence-corrected chi connectivity index (χ2v) is 10.5. The lowest BCUT2D eigenvalue weighted by atomic mass is 10.0. The molecule has 234 valence electrons. The summed E-state index contributed by atoms with van der Waals surface area (Å²) >= 11 is 0. The van der Waals surface area contributed by atoms with Crippen molar-refractivity contribution in [3.05, 3.63) is 24.3 Å². The van der Waals surface area contributed by atoms with Gasteiger partial charge in [0.25, 0.3) is 0 Å². The second-order valence-electron chi connectivity index (χ2n) is 10.5. The lowest BCUT2D eigenvalue weighted by Crippen LogP contribution is -2.23. The van der Waals surface area contributed by atoms with Crippen molar-refractivity contribution in [2.75, 3.05) is 19.6 Å². The lowest BCUT2D eigenvalue weighted by Gasteiger charge is -2.05. The minimum Gasteiger partial charge on any atom is -0.481 e. The van der Waals surface area contributed by atoms with Crippen LogP contribution in [-0.2, 0) is 19.2 Å². The predicted octanol–water partition coefficient (Wildman–Crippen LogP) is 5.62. The minimum atomic E-state index is -0.957. The van der Waals surface area contributed by atoms with Crippen LogP contribution >= 0.6 is 0 Å². The molecular formula is C31H59N3O6. The number of hydrogen-bond donors (Lipinski definition) is 5. The summed E-state index contributed by atoms with van der Waals surface area (Å²) in [5.41, 5.74) is 10.6. The van der Waals surface area contributed by atoms with Gasteiger partial charge in [-0.25, -0.2) is 0 Å². The molecule has 0 rings (SSSR count). The summed E-state index contributed by atoms with van der Waals surface area (Å²) < 4.78 is 0. The smallest absolute Gasteiger partial charge is 0.307 e. The molecule has 0 aliphatic heterocycles. The van der Waals surface area contributed by atoms with Gasteiger partial charge in [-0.2, -0.15) is 0 Å². The monoisotopic (exact) mass is 569 g/mol. The van der Waals surface area contributed by atoms with Gasteiger partial charge in [0.15, 0.2) is 0 Å². The van der Waals surface area contributed by atoms with E-state index in [0.29, 0.717) is 12.8 Å². The van der Waals surface area contributed by atoms with E-state index in [2.05, 4.69) is 19.2 Å². The number of ketones is 1. The molecule has 0 aliphatic carbocycles. The Hall–Kier alpha value is -2.52. The van der Waals surface area contributed by atoms with Crippen LogP contribution in [-0.4, -0.2) is 53.5 Å². The molecule has 1 amide bonds. The first kappa shape index (κ1) is 42.0. The molecule has 0 aromatic carbocycles. The predicted molar refractivity (Wildman–Crippen MR) is 164 cm³/mol. The van der Waals surface area contributed by atoms with Crippen molar-refractivity contribution >= 4 is 23.6 Å². The highest BCUT2D eigenvalue weighted by molar-refractivity contribution is 5.82. The first-order valence-electron chi connectivity index (χ1n) is 14.9. The number of nitrogens with two attached hydrogens (primary N) is 2. The fourth-order valence-corrected chi connectivity index (χ4v) is 3.14. The molecule has 40 heavy (non-hydrogen) atoms. The van der Waals surface area contributed by atoms with Gasteiger partial charge in [0.05, 0.1) is 12.8 Å². The Morgan fingerprint density at radius 1 is 0.625 bits per heavy atom. The molecule has 0 radical (unpaired) electrons. The SMILES string of the molecule is CC(C)CCCCCCCNC(=O)C/C=C/CC(=O)C(C)C.NCCCCCCN.O=C(O)C/C=C/CC(=O)O. The Kier molecular flexibility index (Phi) is 34.3. The zero-order valence-corrected chi connectivity index (χ0v) is 25.7. The maximum Gasteiger partial charge on any atom is 0.307 e. The fraction of sp³-hybridized carbons (Fsp3) is 0.742. The van der Waals surface area contributed by atoms with Crippen LogP contribution in [0.5, 0.6) is 0 Å². The van der Waals surface area contributed by atoms with E-state index in [0.717, 1.165) is 44.8 Å². The fourth-order valence-electron chi connectivity index (χ4n) is 3.14. The first-order chi connectivity index (χ1) is 19.0. The average Bonchev–Trinajstić information content (AvgIpc) is 2.89. The molecular weight excluding hydrogens is 510 g/mol. The molecule has 9 heteroatoms. The molecule has 0 unspecified atom stereocenters. The van der Waals surface area contributed by atoms with Crippen molar-refractivity contribution in [2.45, 2.75) is 118 Å². The van der Waals surface area contributed by atoms with Gasteiger partial charge in [-0.15, -0.1) is 0 Å². The molecule has 0 bridgehead atoms. The van der Waals surface area contributed by atoms with Gasteiger partial charge < -0.3 is 27.0 Å². The number of aliphatic carboxylic acids is 2. The van der Waals surface area contributed by atoms with E-state index in [1.54, 1.807) is 12.2 Å². The number of nitrogens with one attached hydrogen (secondary N) is 1. The van der Waals surface area contributed by atoms with E-state index in [-0.39, 0.29) is 30.4 Å². The number of Topliss-reactive ketones (excluding diaryl/α,β-unsaturated/α-hetero) is 1. The van der Waals surface area contributed by atoms with Crippen LogP contribution < -0.4 is 16.8 Å². The highest BCUT2D eigenvalue weighted by Crippen LogP contribution is 2.10. The summed E-state index contributed by atoms with van der Waals surface area (Å²) in [6.45, 7) is 10.7. The van der Waals surface area contributed by atoms with Crippen molar-refractivity contribution in [3.63, 3.8) is 0 Å². The molecule has 0 atom stereocenters. The highest BCUT2D eigenvalue weighted by Gasteiger charge is 2.04. The standard InChI is InChI=1S/C19H35NO2.C6H16N2.C6H8O4/c1-16(2)12-8-6-5-7-11-15-20-19(22)14-10-9-13-18(21)17(3)4;7-5-3-1-2-4-6-8;7-5(8)3-1-2-4-6(9)10/h9-10,16-17H,5-8,11-15H2,1-4H3,(H,20,22);1-8H2;1-2H,3-4H2,(H,7,8)(H,9,10)/b10-9+;;2-1+. The van der Waals surface area contributed by atoms with Gasteiger partial charge >= 0.3 is 11.9 Å². The van der Waals surface area contributed by atoms with Crippen LogP contribution in [0, 0.1) is 11.8 Å². The van der Waals surface area contributed by atoms with Crippen molar-refractivity contribution in [1.29, 1.82) is 0 Å². The van der Waals surface area contributed by atoms with E-state index in [1.165, 1.54) is 57.1 Å². The topological polar surface area (TPSA) is 173 Å². The molecule has 0 spiro atoms. The van der Waals surface area contributed by atoms with Crippen molar-refractivity contribution in [2.24, 2.45) is 23.3 Å². The van der Waals surface area contributed by atoms with E-state index in [1.807, 2.05) is 13.8 Å². The van der Waals surface area contributed by atoms with Crippen LogP contribution in [0.2, 0.25) is 0 Å². The number of carboxylic acids is 2. The summed E-state index contributed by atoms with van der Waals surface area (Å²) in [6, 6.07) is 0. The van der Waals surface area contributed by atoms with Gasteiger partial charge in [-0.3, -0.25) is 19.2 Å². The maximum atomic E-state index is 11.6. The van der Waals surface area contributed by atoms with Crippen LogP contribution in [0.3, 0.4) is 0 Å². The van der Waals surface area contributed by atoms with Crippen molar-refractivity contribution in [1.82, 2.24) is 5.32 Å². The second kappa shape index (κ2) is 32.7. The third kappa shape index (κ3) is 42.6. The Morgan fingerprint density at radius 3 is 1.50 bits per heavy atom. The molecule has 0 aromatic heterocycles. The van der Waals surface area contributed by atoms with Gasteiger partial charge in [0.1, 0.15) is 5.78 Å². The largest absolute Gasteiger partial charge is 0.481 e.